The molecule has 0 aromatic heterocycles. The van der Waals surface area contributed by atoms with E-state index in [1.807, 2.05) is 24.3 Å². The molecule has 2 aromatic carbocycles. The van der Waals surface area contributed by atoms with Crippen LogP contribution in [0.4, 0.5) is 5.69 Å². The Morgan fingerprint density at radius 3 is 2.00 bits per heavy atom. The number of hydrogen-bond donors (Lipinski definition) is 0. The zero-order chi connectivity index (χ0) is 15.3. The maximum absolute atomic E-state index is 10.2. The normalized spacial score (nSPS) is 10.3. The van der Waals surface area contributed by atoms with Gasteiger partial charge in [-0.25, -0.2) is 4.79 Å². The molecule has 0 radical (unpaired) electrons. The average Bonchev–Trinajstić information content (AvgIpc) is 2.49. The van der Waals surface area contributed by atoms with Gasteiger partial charge in [0.25, 0.3) is 6.26 Å². The van der Waals surface area contributed by atoms with Crippen LogP contribution in [0.25, 0.3) is 0 Å². The van der Waals surface area contributed by atoms with Gasteiger partial charge in [0, 0.05) is 5.41 Å². The van der Waals surface area contributed by atoms with Crippen LogP contribution in [0.15, 0.2) is 53.5 Å². The van der Waals surface area contributed by atoms with Gasteiger partial charge in [-0.2, -0.15) is 4.99 Å². The second-order valence-corrected chi connectivity index (χ2v) is 5.09. The first kappa shape index (κ1) is 14.5. The molecular weight excluding hydrogens is 264 g/mol. The highest BCUT2D eigenvalue weighted by Gasteiger charge is 2.22. The second-order valence-electron chi connectivity index (χ2n) is 5.09. The van der Waals surface area contributed by atoms with Crippen LogP contribution in [0.1, 0.15) is 25.0 Å². The fourth-order valence-corrected chi connectivity index (χ4v) is 2.16. The van der Waals surface area contributed by atoms with Crippen molar-refractivity contribution in [1.29, 1.82) is 5.26 Å². The summed E-state index contributed by atoms with van der Waals surface area (Å²) in [6.07, 6.45) is 3.18. The number of nitrogens with zero attached hydrogens (tertiary/aromatic N) is 2. The van der Waals surface area contributed by atoms with Gasteiger partial charge in [-0.1, -0.05) is 38.1 Å². The number of hydrogen-bond acceptors (Lipinski definition) is 4. The van der Waals surface area contributed by atoms with Crippen molar-refractivity contribution in [3.05, 3.63) is 59.7 Å². The third-order valence-corrected chi connectivity index (χ3v) is 3.50. The quantitative estimate of drug-likeness (QED) is 0.485. The van der Waals surface area contributed by atoms with Crippen LogP contribution in [-0.2, 0) is 10.2 Å². The van der Waals surface area contributed by atoms with Crippen LogP contribution in [0.5, 0.6) is 5.75 Å². The highest BCUT2D eigenvalue weighted by molar-refractivity contribution is 5.51. The summed E-state index contributed by atoms with van der Waals surface area (Å²) in [5, 5.41) is 8.49. The molecule has 0 unspecified atom stereocenters. The lowest BCUT2D eigenvalue weighted by Gasteiger charge is -2.26. The van der Waals surface area contributed by atoms with Gasteiger partial charge in [0.15, 0.2) is 0 Å². The van der Waals surface area contributed by atoms with Crippen molar-refractivity contribution in [2.24, 2.45) is 4.99 Å². The molecule has 0 heterocycles. The van der Waals surface area contributed by atoms with E-state index in [1.165, 1.54) is 6.08 Å². The molecule has 0 fully saturated rings. The predicted molar refractivity (Wildman–Crippen MR) is 79.0 cm³/mol. The highest BCUT2D eigenvalue weighted by atomic mass is 16.5. The number of rotatable bonds is 4. The largest absolute Gasteiger partial charge is 0.388 e. The molecule has 0 bridgehead atoms. The van der Waals surface area contributed by atoms with Crippen molar-refractivity contribution >= 4 is 11.8 Å². The molecule has 4 heteroatoms. The first-order chi connectivity index (χ1) is 10.1. The molecule has 2 rings (SSSR count). The average molecular weight is 278 g/mol. The van der Waals surface area contributed by atoms with Gasteiger partial charge in [-0.3, -0.25) is 0 Å². The smallest absolute Gasteiger partial charge is 0.292 e. The molecule has 0 spiro atoms. The molecule has 0 aliphatic heterocycles. The molecule has 0 saturated heterocycles. The maximum Gasteiger partial charge on any atom is 0.292 e. The van der Waals surface area contributed by atoms with Gasteiger partial charge in [0.2, 0.25) is 6.08 Å². The van der Waals surface area contributed by atoms with E-state index in [1.54, 1.807) is 30.5 Å². The van der Waals surface area contributed by atoms with Gasteiger partial charge in [0.05, 0.1) is 5.69 Å². The Kier molecular flexibility index (Phi) is 4.18. The number of ether oxygens (including phenoxy) is 1. The molecule has 0 aliphatic rings. The van der Waals surface area contributed by atoms with Crippen molar-refractivity contribution in [3.63, 3.8) is 0 Å². The van der Waals surface area contributed by atoms with E-state index in [0.29, 0.717) is 11.4 Å². The standard InChI is InChI=1S/C17H14N2O2/c1-17(2,13-3-7-15(8-4-13)19-12-20)14-5-9-16(10-6-14)21-11-18/h3-10H,1-2H3. The molecule has 0 saturated carbocycles. The summed E-state index contributed by atoms with van der Waals surface area (Å²) in [6.45, 7) is 4.20. The minimum atomic E-state index is -0.214. The van der Waals surface area contributed by atoms with Crippen LogP contribution in [-0.4, -0.2) is 6.08 Å². The van der Waals surface area contributed by atoms with E-state index in [9.17, 15) is 4.79 Å². The number of benzene rings is 2. The van der Waals surface area contributed by atoms with Crippen molar-refractivity contribution in [3.8, 4) is 12.0 Å². The zero-order valence-corrected chi connectivity index (χ0v) is 11.8. The lowest BCUT2D eigenvalue weighted by Crippen LogP contribution is -2.18. The van der Waals surface area contributed by atoms with E-state index >= 15 is 0 Å². The summed E-state index contributed by atoms with van der Waals surface area (Å²) in [7, 11) is 0. The fraction of sp³-hybridized carbons (Fsp3) is 0.176. The molecule has 0 N–H and O–H groups in total. The summed E-state index contributed by atoms with van der Waals surface area (Å²) < 4.78 is 4.78. The molecular formula is C17H14N2O2. The molecule has 0 amide bonds. The van der Waals surface area contributed by atoms with Gasteiger partial charge < -0.3 is 4.74 Å². The summed E-state index contributed by atoms with van der Waals surface area (Å²) in [6, 6.07) is 14.9. The Morgan fingerprint density at radius 2 is 1.52 bits per heavy atom. The lowest BCUT2D eigenvalue weighted by atomic mass is 9.78. The molecule has 0 aliphatic carbocycles. The molecule has 21 heavy (non-hydrogen) atoms. The number of carbonyl (C=O) groups excluding carboxylic acids is 1. The third kappa shape index (κ3) is 3.17. The van der Waals surface area contributed by atoms with Crippen LogP contribution in [0.2, 0.25) is 0 Å². The van der Waals surface area contributed by atoms with Crippen LogP contribution in [0, 0.1) is 11.5 Å². The predicted octanol–water partition coefficient (Wildman–Crippen LogP) is 3.84. The Morgan fingerprint density at radius 1 is 1.00 bits per heavy atom. The first-order valence-electron chi connectivity index (χ1n) is 6.43. The molecule has 104 valence electrons. The molecule has 4 nitrogen and oxygen atoms in total. The van der Waals surface area contributed by atoms with Crippen LogP contribution >= 0.6 is 0 Å². The topological polar surface area (TPSA) is 62.4 Å². The summed E-state index contributed by atoms with van der Waals surface area (Å²) >= 11 is 0. The van der Waals surface area contributed by atoms with Crippen molar-refractivity contribution in [1.82, 2.24) is 0 Å². The number of nitriles is 1. The van der Waals surface area contributed by atoms with E-state index in [0.717, 1.165) is 11.1 Å². The SMILES string of the molecule is CC(C)(c1ccc(N=C=O)cc1)c1ccc(OC#N)cc1. The fourth-order valence-electron chi connectivity index (χ4n) is 2.16. The zero-order valence-electron chi connectivity index (χ0n) is 11.8. The Hall–Kier alpha value is -2.89. The first-order valence-corrected chi connectivity index (χ1v) is 6.43. The van der Waals surface area contributed by atoms with Gasteiger partial charge in [-0.05, 0) is 35.4 Å². The number of isocyanates is 1. The van der Waals surface area contributed by atoms with Crippen molar-refractivity contribution < 1.29 is 9.53 Å². The van der Waals surface area contributed by atoms with Gasteiger partial charge >= 0.3 is 0 Å². The van der Waals surface area contributed by atoms with Gasteiger partial charge in [-0.15, -0.1) is 5.26 Å². The summed E-state index contributed by atoms with van der Waals surface area (Å²) in [4.78, 5) is 13.8. The lowest BCUT2D eigenvalue weighted by molar-refractivity contribution is 0.506. The van der Waals surface area contributed by atoms with Gasteiger partial charge in [0.1, 0.15) is 5.75 Å². The summed E-state index contributed by atoms with van der Waals surface area (Å²) in [5.41, 5.74) is 2.57. The monoisotopic (exact) mass is 278 g/mol. The van der Waals surface area contributed by atoms with Crippen molar-refractivity contribution in [2.75, 3.05) is 0 Å². The Balaban J connectivity index is 2.31. The van der Waals surface area contributed by atoms with Crippen molar-refractivity contribution in [2.45, 2.75) is 19.3 Å². The van der Waals surface area contributed by atoms with Crippen LogP contribution < -0.4 is 4.74 Å². The third-order valence-electron chi connectivity index (χ3n) is 3.50. The van der Waals surface area contributed by atoms with E-state index < -0.39 is 0 Å². The van der Waals surface area contributed by atoms with E-state index in [-0.39, 0.29) is 5.41 Å². The second kappa shape index (κ2) is 6.04. The minimum absolute atomic E-state index is 0.214. The van der Waals surface area contributed by atoms with E-state index in [4.69, 9.17) is 10.00 Å². The molecule has 2 aromatic rings. The molecule has 0 atom stereocenters. The van der Waals surface area contributed by atoms with E-state index in [2.05, 4.69) is 18.8 Å². The Bertz CT molecular complexity index is 704. The Labute approximate surface area is 123 Å². The number of aliphatic imine (C=N–C) groups is 1. The maximum atomic E-state index is 10.2. The minimum Gasteiger partial charge on any atom is -0.388 e. The van der Waals surface area contributed by atoms with Crippen LogP contribution in [0.3, 0.4) is 0 Å². The summed E-state index contributed by atoms with van der Waals surface area (Å²) in [5.74, 6) is 0.521. The highest BCUT2D eigenvalue weighted by Crippen LogP contribution is 2.33.